The molecule has 1 aromatic carbocycles. The minimum absolute atomic E-state index is 0.0129. The molecular formula is C18H20N4O5. The van der Waals surface area contributed by atoms with Crippen LogP contribution in [0.4, 0.5) is 11.4 Å². The van der Waals surface area contributed by atoms with Gasteiger partial charge in [-0.25, -0.2) is 4.79 Å². The van der Waals surface area contributed by atoms with Crippen molar-refractivity contribution in [2.45, 2.75) is 44.2 Å². The molecule has 1 amide bonds. The number of esters is 1. The molecule has 1 atom stereocenters. The number of nitro groups is 1. The Kier molecular flexibility index (Phi) is 4.99. The second kappa shape index (κ2) is 7.23. The standard InChI is InChI=1S/C18H20N4O5/c1-18(10-19,12-3-4-12)21-16(23)9-27-17(24)11-2-7-14(20-13-5-6-13)15(8-11)22(25)26/h2,7-8,12-13,20H,3-6,9H2,1H3,(H,21,23)/t18-/m1/s1. The van der Waals surface area contributed by atoms with E-state index in [0.717, 1.165) is 31.7 Å². The maximum absolute atomic E-state index is 12.1. The Morgan fingerprint density at radius 1 is 1.37 bits per heavy atom. The largest absolute Gasteiger partial charge is 0.452 e. The third kappa shape index (κ3) is 4.53. The number of carbonyl (C=O) groups is 2. The predicted molar refractivity (Wildman–Crippen MR) is 94.9 cm³/mol. The zero-order valence-corrected chi connectivity index (χ0v) is 14.9. The Bertz CT molecular complexity index is 826. The molecule has 2 N–H and O–H groups in total. The summed E-state index contributed by atoms with van der Waals surface area (Å²) < 4.78 is 4.95. The summed E-state index contributed by atoms with van der Waals surface area (Å²) >= 11 is 0. The molecule has 27 heavy (non-hydrogen) atoms. The Morgan fingerprint density at radius 2 is 2.07 bits per heavy atom. The molecule has 2 aliphatic carbocycles. The fraction of sp³-hybridized carbons (Fsp3) is 0.500. The molecule has 2 aliphatic rings. The number of ether oxygens (including phenoxy) is 1. The molecule has 0 saturated heterocycles. The highest BCUT2D eigenvalue weighted by molar-refractivity contribution is 5.93. The summed E-state index contributed by atoms with van der Waals surface area (Å²) in [6.45, 7) is 1.08. The van der Waals surface area contributed by atoms with Gasteiger partial charge in [0.2, 0.25) is 0 Å². The lowest BCUT2D eigenvalue weighted by Crippen LogP contribution is -2.48. The smallest absolute Gasteiger partial charge is 0.338 e. The van der Waals surface area contributed by atoms with Crippen LogP contribution in [0, 0.1) is 27.4 Å². The fourth-order valence-electron chi connectivity index (χ4n) is 2.80. The number of nitriles is 1. The number of rotatable bonds is 8. The van der Waals surface area contributed by atoms with Crippen LogP contribution >= 0.6 is 0 Å². The Morgan fingerprint density at radius 3 is 2.63 bits per heavy atom. The van der Waals surface area contributed by atoms with E-state index in [1.54, 1.807) is 6.92 Å². The van der Waals surface area contributed by atoms with Crippen molar-refractivity contribution in [1.29, 1.82) is 5.26 Å². The van der Waals surface area contributed by atoms with Crippen molar-refractivity contribution in [3.05, 3.63) is 33.9 Å². The van der Waals surface area contributed by atoms with Gasteiger partial charge in [-0.2, -0.15) is 5.26 Å². The molecule has 2 fully saturated rings. The van der Waals surface area contributed by atoms with Crippen LogP contribution < -0.4 is 10.6 Å². The summed E-state index contributed by atoms with van der Waals surface area (Å²) in [5, 5.41) is 26.1. The van der Waals surface area contributed by atoms with Crippen molar-refractivity contribution >= 4 is 23.3 Å². The number of anilines is 1. The first-order chi connectivity index (χ1) is 12.8. The van der Waals surface area contributed by atoms with E-state index < -0.39 is 28.9 Å². The van der Waals surface area contributed by atoms with Gasteiger partial charge in [-0.3, -0.25) is 14.9 Å². The van der Waals surface area contributed by atoms with E-state index in [-0.39, 0.29) is 23.2 Å². The number of nitro benzene ring substituents is 1. The minimum Gasteiger partial charge on any atom is -0.452 e. The van der Waals surface area contributed by atoms with E-state index in [1.165, 1.54) is 12.1 Å². The van der Waals surface area contributed by atoms with E-state index in [4.69, 9.17) is 4.74 Å². The third-order valence-corrected chi connectivity index (χ3v) is 4.73. The van der Waals surface area contributed by atoms with Crippen LogP contribution in [-0.4, -0.2) is 35.0 Å². The molecule has 1 aromatic rings. The number of hydrogen-bond donors (Lipinski definition) is 2. The molecule has 0 radical (unpaired) electrons. The first-order valence-electron chi connectivity index (χ1n) is 8.77. The van der Waals surface area contributed by atoms with Gasteiger partial charge in [0.1, 0.15) is 11.2 Å². The summed E-state index contributed by atoms with van der Waals surface area (Å²) in [5.41, 5.74) is -0.850. The van der Waals surface area contributed by atoms with Gasteiger partial charge in [-0.1, -0.05) is 0 Å². The summed E-state index contributed by atoms with van der Waals surface area (Å²) in [5.74, 6) is -1.31. The Balaban J connectivity index is 1.60. The Labute approximate surface area is 155 Å². The van der Waals surface area contributed by atoms with Crippen molar-refractivity contribution in [2.24, 2.45) is 5.92 Å². The van der Waals surface area contributed by atoms with Gasteiger partial charge >= 0.3 is 5.97 Å². The highest BCUT2D eigenvalue weighted by Crippen LogP contribution is 2.39. The van der Waals surface area contributed by atoms with Crippen LogP contribution in [0.2, 0.25) is 0 Å². The van der Waals surface area contributed by atoms with E-state index in [1.807, 2.05) is 0 Å². The van der Waals surface area contributed by atoms with E-state index in [0.29, 0.717) is 5.69 Å². The zero-order chi connectivity index (χ0) is 19.6. The molecule has 0 aromatic heterocycles. The van der Waals surface area contributed by atoms with E-state index in [2.05, 4.69) is 16.7 Å². The number of nitrogens with one attached hydrogen (secondary N) is 2. The molecular weight excluding hydrogens is 352 g/mol. The van der Waals surface area contributed by atoms with Gasteiger partial charge in [0.25, 0.3) is 11.6 Å². The Hall–Kier alpha value is -3.15. The first-order valence-corrected chi connectivity index (χ1v) is 8.77. The average Bonchev–Trinajstić information content (AvgIpc) is 3.53. The summed E-state index contributed by atoms with van der Waals surface area (Å²) in [7, 11) is 0. The van der Waals surface area contributed by atoms with Crippen molar-refractivity contribution in [1.82, 2.24) is 5.32 Å². The van der Waals surface area contributed by atoms with Gasteiger partial charge in [0.05, 0.1) is 16.6 Å². The summed E-state index contributed by atoms with van der Waals surface area (Å²) in [4.78, 5) is 34.8. The summed E-state index contributed by atoms with van der Waals surface area (Å²) in [6.07, 6.45) is 3.65. The number of hydrogen-bond acceptors (Lipinski definition) is 7. The molecule has 2 saturated carbocycles. The van der Waals surface area contributed by atoms with E-state index >= 15 is 0 Å². The molecule has 0 unspecified atom stereocenters. The molecule has 0 aliphatic heterocycles. The van der Waals surface area contributed by atoms with Gasteiger partial charge < -0.3 is 15.4 Å². The van der Waals surface area contributed by atoms with Crippen LogP contribution in [-0.2, 0) is 9.53 Å². The summed E-state index contributed by atoms with van der Waals surface area (Å²) in [6, 6.07) is 6.33. The van der Waals surface area contributed by atoms with Gasteiger partial charge in [-0.05, 0) is 50.7 Å². The second-order valence-electron chi connectivity index (χ2n) is 7.12. The quantitative estimate of drug-likeness (QED) is 0.405. The van der Waals surface area contributed by atoms with Crippen LogP contribution in [0.15, 0.2) is 18.2 Å². The molecule has 9 nitrogen and oxygen atoms in total. The number of carbonyl (C=O) groups excluding carboxylic acids is 2. The number of nitrogens with zero attached hydrogens (tertiary/aromatic N) is 2. The molecule has 0 heterocycles. The topological polar surface area (TPSA) is 134 Å². The highest BCUT2D eigenvalue weighted by atomic mass is 16.6. The van der Waals surface area contributed by atoms with Crippen molar-refractivity contribution in [3.8, 4) is 6.07 Å². The highest BCUT2D eigenvalue weighted by Gasteiger charge is 2.43. The van der Waals surface area contributed by atoms with Gasteiger partial charge in [0.15, 0.2) is 6.61 Å². The number of benzene rings is 1. The predicted octanol–water partition coefficient (Wildman–Crippen LogP) is 2.13. The number of amides is 1. The lowest BCUT2D eigenvalue weighted by atomic mass is 9.98. The normalized spacial score (nSPS) is 17.9. The molecule has 142 valence electrons. The monoisotopic (exact) mass is 372 g/mol. The lowest BCUT2D eigenvalue weighted by molar-refractivity contribution is -0.384. The second-order valence-corrected chi connectivity index (χ2v) is 7.12. The van der Waals surface area contributed by atoms with Gasteiger partial charge in [0, 0.05) is 12.1 Å². The third-order valence-electron chi connectivity index (χ3n) is 4.73. The van der Waals surface area contributed by atoms with Crippen molar-refractivity contribution in [3.63, 3.8) is 0 Å². The molecule has 0 spiro atoms. The maximum atomic E-state index is 12.1. The zero-order valence-electron chi connectivity index (χ0n) is 14.9. The van der Waals surface area contributed by atoms with Crippen LogP contribution in [0.5, 0.6) is 0 Å². The lowest BCUT2D eigenvalue weighted by Gasteiger charge is -2.22. The molecule has 3 rings (SSSR count). The molecule has 9 heteroatoms. The van der Waals surface area contributed by atoms with Crippen molar-refractivity contribution < 1.29 is 19.2 Å². The maximum Gasteiger partial charge on any atom is 0.338 e. The molecule has 0 bridgehead atoms. The van der Waals surface area contributed by atoms with Crippen LogP contribution in [0.3, 0.4) is 0 Å². The van der Waals surface area contributed by atoms with E-state index in [9.17, 15) is 25.0 Å². The van der Waals surface area contributed by atoms with Gasteiger partial charge in [-0.15, -0.1) is 0 Å². The minimum atomic E-state index is -0.974. The van der Waals surface area contributed by atoms with Crippen LogP contribution in [0.1, 0.15) is 43.0 Å². The first kappa shape index (κ1) is 18.6. The fourth-order valence-corrected chi connectivity index (χ4v) is 2.80. The SMILES string of the molecule is C[C@](C#N)(NC(=O)COC(=O)c1ccc(NC2CC2)c([N+](=O)[O-])c1)C1CC1. The average molecular weight is 372 g/mol. The van der Waals surface area contributed by atoms with Crippen molar-refractivity contribution in [2.75, 3.05) is 11.9 Å². The van der Waals surface area contributed by atoms with Crippen LogP contribution in [0.25, 0.3) is 0 Å².